The van der Waals surface area contributed by atoms with Gasteiger partial charge in [0, 0.05) is 32.2 Å². The molecular formula is C25H34N4O4S. The van der Waals surface area contributed by atoms with E-state index in [9.17, 15) is 13.2 Å². The monoisotopic (exact) mass is 486 g/mol. The Morgan fingerprint density at radius 3 is 2.12 bits per heavy atom. The van der Waals surface area contributed by atoms with Gasteiger partial charge in [0.15, 0.2) is 0 Å². The maximum absolute atomic E-state index is 13.1. The first-order chi connectivity index (χ1) is 16.1. The largest absolute Gasteiger partial charge is 0.497 e. The molecule has 2 N–H and O–H groups in total. The number of piperazine rings is 1. The lowest BCUT2D eigenvalue weighted by molar-refractivity contribution is -0.134. The molecule has 2 aromatic rings. The van der Waals surface area contributed by atoms with Crippen LogP contribution in [0.4, 0.5) is 0 Å². The molecule has 184 valence electrons. The number of methoxy groups -OCH3 is 1. The predicted molar refractivity (Wildman–Crippen MR) is 131 cm³/mol. The Morgan fingerprint density at radius 2 is 1.56 bits per heavy atom. The molecule has 0 spiro atoms. The molecule has 8 nitrogen and oxygen atoms in total. The van der Waals surface area contributed by atoms with E-state index in [-0.39, 0.29) is 36.5 Å². The second kappa shape index (κ2) is 9.65. The molecule has 0 aliphatic carbocycles. The Balaban J connectivity index is 1.33. The molecule has 2 atom stereocenters. The number of carbonyl (C=O) groups excluding carboxylic acids is 1. The average molecular weight is 487 g/mol. The van der Waals surface area contributed by atoms with Crippen molar-refractivity contribution < 1.29 is 17.9 Å². The fourth-order valence-electron chi connectivity index (χ4n) is 4.42. The Kier molecular flexibility index (Phi) is 7.00. The van der Waals surface area contributed by atoms with Gasteiger partial charge in [0.1, 0.15) is 11.8 Å². The molecule has 0 bridgehead atoms. The van der Waals surface area contributed by atoms with Crippen LogP contribution in [0, 0.1) is 0 Å². The summed E-state index contributed by atoms with van der Waals surface area (Å²) in [4.78, 5) is 15.1. The quantitative estimate of drug-likeness (QED) is 0.675. The maximum Gasteiger partial charge on any atom is 0.243 e. The lowest BCUT2D eigenvalue weighted by Gasteiger charge is -2.35. The molecule has 34 heavy (non-hydrogen) atoms. The number of ether oxygens (including phenoxy) is 1. The normalized spacial score (nSPS) is 22.1. The lowest BCUT2D eigenvalue weighted by Crippen LogP contribution is -2.54. The Morgan fingerprint density at radius 1 is 0.941 bits per heavy atom. The molecule has 2 unspecified atom stereocenters. The molecule has 2 aliphatic heterocycles. The summed E-state index contributed by atoms with van der Waals surface area (Å²) in [5.74, 6) is 0.787. The predicted octanol–water partition coefficient (Wildman–Crippen LogP) is 2.43. The summed E-state index contributed by atoms with van der Waals surface area (Å²) >= 11 is 0. The summed E-state index contributed by atoms with van der Waals surface area (Å²) in [6.07, 6.45) is 0.629. The highest BCUT2D eigenvalue weighted by molar-refractivity contribution is 7.89. The number of nitrogens with one attached hydrogen (secondary N) is 2. The minimum absolute atomic E-state index is 0.00455. The van der Waals surface area contributed by atoms with Gasteiger partial charge in [0.25, 0.3) is 0 Å². The molecular weight excluding hydrogens is 452 g/mol. The van der Waals surface area contributed by atoms with Crippen LogP contribution in [0.1, 0.15) is 44.4 Å². The van der Waals surface area contributed by atoms with Crippen molar-refractivity contribution in [3.63, 3.8) is 0 Å². The molecule has 2 heterocycles. The van der Waals surface area contributed by atoms with Crippen molar-refractivity contribution in [3.05, 3.63) is 59.7 Å². The molecule has 2 aromatic carbocycles. The lowest BCUT2D eigenvalue weighted by atomic mass is 9.87. The summed E-state index contributed by atoms with van der Waals surface area (Å²) < 4.78 is 32.9. The van der Waals surface area contributed by atoms with Crippen LogP contribution in [0.15, 0.2) is 53.4 Å². The third-order valence-corrected chi connectivity index (χ3v) is 8.54. The zero-order chi connectivity index (χ0) is 24.5. The van der Waals surface area contributed by atoms with E-state index in [0.717, 1.165) is 16.9 Å². The molecule has 2 aliphatic rings. The summed E-state index contributed by atoms with van der Waals surface area (Å²) in [6, 6.07) is 14.6. The van der Waals surface area contributed by atoms with Crippen LogP contribution in [0.25, 0.3) is 0 Å². The van der Waals surface area contributed by atoms with Gasteiger partial charge in [0.2, 0.25) is 15.9 Å². The van der Waals surface area contributed by atoms with Gasteiger partial charge in [-0.15, -0.1) is 0 Å². The van der Waals surface area contributed by atoms with Crippen LogP contribution in [0.2, 0.25) is 0 Å². The molecule has 1 amide bonds. The van der Waals surface area contributed by atoms with Gasteiger partial charge in [-0.25, -0.2) is 19.3 Å². The summed E-state index contributed by atoms with van der Waals surface area (Å²) in [6.45, 7) is 7.63. The smallest absolute Gasteiger partial charge is 0.243 e. The van der Waals surface area contributed by atoms with E-state index in [1.165, 1.54) is 4.31 Å². The van der Waals surface area contributed by atoms with Gasteiger partial charge in [-0.1, -0.05) is 45.0 Å². The van der Waals surface area contributed by atoms with Gasteiger partial charge in [0.05, 0.1) is 12.0 Å². The first-order valence-corrected chi connectivity index (χ1v) is 13.1. The van der Waals surface area contributed by atoms with Gasteiger partial charge in [-0.05, 0) is 47.2 Å². The number of carbonyl (C=O) groups is 1. The first-order valence-electron chi connectivity index (χ1n) is 11.6. The van der Waals surface area contributed by atoms with Crippen molar-refractivity contribution in [2.75, 3.05) is 33.3 Å². The van der Waals surface area contributed by atoms with Gasteiger partial charge in [-0.2, -0.15) is 4.31 Å². The standard InChI is InChI=1S/C25H34N4O4S/c1-25(2,3)19-7-11-21(12-8-19)34(31,32)29-15-13-28(14-16-29)24(30)23-17-22(26-27-23)18-5-9-20(33-4)10-6-18/h5-12,22-23,26-27H,13-17H2,1-4H3. The van der Waals surface area contributed by atoms with Crippen LogP contribution in [-0.2, 0) is 20.2 Å². The third kappa shape index (κ3) is 5.12. The second-order valence-electron chi connectivity index (χ2n) is 9.91. The zero-order valence-electron chi connectivity index (χ0n) is 20.2. The van der Waals surface area contributed by atoms with Gasteiger partial charge in [-0.3, -0.25) is 4.79 Å². The molecule has 0 saturated carbocycles. The summed E-state index contributed by atoms with van der Waals surface area (Å²) in [5, 5.41) is 0. The van der Waals surface area contributed by atoms with E-state index in [4.69, 9.17) is 4.74 Å². The third-order valence-electron chi connectivity index (χ3n) is 6.63. The highest BCUT2D eigenvalue weighted by Gasteiger charge is 2.36. The van der Waals surface area contributed by atoms with Crippen molar-refractivity contribution in [1.29, 1.82) is 0 Å². The number of hydrogen-bond acceptors (Lipinski definition) is 6. The second-order valence-corrected chi connectivity index (χ2v) is 11.8. The minimum Gasteiger partial charge on any atom is -0.497 e. The molecule has 9 heteroatoms. The Labute approximate surface area is 202 Å². The van der Waals surface area contributed by atoms with Crippen molar-refractivity contribution in [2.24, 2.45) is 0 Å². The van der Waals surface area contributed by atoms with E-state index in [2.05, 4.69) is 31.6 Å². The number of nitrogens with zero attached hydrogens (tertiary/aromatic N) is 2. The molecule has 0 radical (unpaired) electrons. The van der Waals surface area contributed by atoms with Crippen LogP contribution >= 0.6 is 0 Å². The molecule has 2 fully saturated rings. The Bertz CT molecular complexity index is 1100. The number of sulfonamides is 1. The van der Waals surface area contributed by atoms with E-state index < -0.39 is 10.0 Å². The summed E-state index contributed by atoms with van der Waals surface area (Å²) in [5.41, 5.74) is 8.45. The molecule has 2 saturated heterocycles. The van der Waals surface area contributed by atoms with Crippen LogP contribution in [-0.4, -0.2) is 62.9 Å². The SMILES string of the molecule is COc1ccc(C2CC(C(=O)N3CCN(S(=O)(=O)c4ccc(C(C)(C)C)cc4)CC3)NN2)cc1. The Hall–Kier alpha value is -2.46. The first kappa shape index (κ1) is 24.7. The highest BCUT2D eigenvalue weighted by atomic mass is 32.2. The number of rotatable bonds is 5. The van der Waals surface area contributed by atoms with E-state index in [1.807, 2.05) is 36.4 Å². The maximum atomic E-state index is 13.1. The van der Waals surface area contributed by atoms with Crippen LogP contribution in [0.3, 0.4) is 0 Å². The number of hydrogen-bond donors (Lipinski definition) is 2. The van der Waals surface area contributed by atoms with Gasteiger partial charge >= 0.3 is 0 Å². The van der Waals surface area contributed by atoms with E-state index in [0.29, 0.717) is 24.4 Å². The summed E-state index contributed by atoms with van der Waals surface area (Å²) in [7, 11) is -1.95. The van der Waals surface area contributed by atoms with Crippen molar-refractivity contribution in [1.82, 2.24) is 20.1 Å². The van der Waals surface area contributed by atoms with Crippen molar-refractivity contribution in [2.45, 2.75) is 49.6 Å². The van der Waals surface area contributed by atoms with Crippen LogP contribution < -0.4 is 15.6 Å². The van der Waals surface area contributed by atoms with Gasteiger partial charge < -0.3 is 9.64 Å². The zero-order valence-corrected chi connectivity index (χ0v) is 21.1. The van der Waals surface area contributed by atoms with Crippen molar-refractivity contribution >= 4 is 15.9 Å². The fraction of sp³-hybridized carbons (Fsp3) is 0.480. The molecule has 0 aromatic heterocycles. The van der Waals surface area contributed by atoms with Crippen LogP contribution in [0.5, 0.6) is 5.75 Å². The van der Waals surface area contributed by atoms with E-state index >= 15 is 0 Å². The fourth-order valence-corrected chi connectivity index (χ4v) is 5.84. The van der Waals surface area contributed by atoms with Crippen molar-refractivity contribution in [3.8, 4) is 5.75 Å². The number of amides is 1. The van der Waals surface area contributed by atoms with E-state index in [1.54, 1.807) is 24.1 Å². The number of hydrazine groups is 1. The topological polar surface area (TPSA) is 91.0 Å². The molecule has 4 rings (SSSR count). The average Bonchev–Trinajstić information content (AvgIpc) is 3.33. The minimum atomic E-state index is -3.59. The highest BCUT2D eigenvalue weighted by Crippen LogP contribution is 2.27. The number of benzene rings is 2.